The summed E-state index contributed by atoms with van der Waals surface area (Å²) in [6, 6.07) is 6.29. The Hall–Kier alpha value is -1.61. The van der Waals surface area contributed by atoms with Crippen molar-refractivity contribution in [2.45, 2.75) is 6.42 Å². The molecule has 0 radical (unpaired) electrons. The van der Waals surface area contributed by atoms with Crippen LogP contribution in [0.5, 0.6) is 0 Å². The Balaban J connectivity index is 2.10. The van der Waals surface area contributed by atoms with E-state index in [4.69, 9.17) is 0 Å². The molecule has 2 N–H and O–H groups in total. The van der Waals surface area contributed by atoms with Gasteiger partial charge in [0.2, 0.25) is 0 Å². The zero-order chi connectivity index (χ0) is 10.5. The minimum Gasteiger partial charge on any atom is -0.319 e. The lowest BCUT2D eigenvalue weighted by atomic mass is 10.1. The molecule has 0 unspecified atom stereocenters. The van der Waals surface area contributed by atoms with Crippen molar-refractivity contribution in [2.75, 3.05) is 13.6 Å². The Morgan fingerprint density at radius 1 is 1.47 bits per heavy atom. The number of benzene rings is 1. The van der Waals surface area contributed by atoms with Crippen molar-refractivity contribution in [3.8, 4) is 0 Å². The standard InChI is InChI=1S/C12H15N3/c1-13-7-3-2-4-10-5-6-11-9-14-15-12(11)8-10/h2,4-6,8-9,13H,3,7H2,1H3,(H,14,15). The molecule has 3 heteroatoms. The van der Waals surface area contributed by atoms with Crippen molar-refractivity contribution >= 4 is 17.0 Å². The maximum atomic E-state index is 3.99. The van der Waals surface area contributed by atoms with Crippen molar-refractivity contribution in [3.05, 3.63) is 36.0 Å². The fourth-order valence-electron chi connectivity index (χ4n) is 1.51. The van der Waals surface area contributed by atoms with Gasteiger partial charge in [0.1, 0.15) is 0 Å². The smallest absolute Gasteiger partial charge is 0.0656 e. The second-order valence-electron chi connectivity index (χ2n) is 3.51. The molecule has 1 aromatic carbocycles. The first-order valence-electron chi connectivity index (χ1n) is 5.14. The molecule has 0 aliphatic rings. The predicted molar refractivity (Wildman–Crippen MR) is 63.7 cm³/mol. The van der Waals surface area contributed by atoms with Gasteiger partial charge in [-0.15, -0.1) is 0 Å². The van der Waals surface area contributed by atoms with E-state index < -0.39 is 0 Å². The molecule has 3 nitrogen and oxygen atoms in total. The zero-order valence-corrected chi connectivity index (χ0v) is 8.83. The molecule has 0 amide bonds. The molecule has 0 saturated heterocycles. The molecule has 2 rings (SSSR count). The molecular weight excluding hydrogens is 186 g/mol. The zero-order valence-electron chi connectivity index (χ0n) is 8.83. The van der Waals surface area contributed by atoms with Gasteiger partial charge in [-0.3, -0.25) is 5.10 Å². The Labute approximate surface area is 89.2 Å². The summed E-state index contributed by atoms with van der Waals surface area (Å²) in [5, 5.41) is 11.2. The lowest BCUT2D eigenvalue weighted by Gasteiger charge is -1.94. The third-order valence-corrected chi connectivity index (χ3v) is 2.34. The van der Waals surface area contributed by atoms with E-state index in [9.17, 15) is 0 Å². The Kier molecular flexibility index (Phi) is 3.15. The molecule has 15 heavy (non-hydrogen) atoms. The van der Waals surface area contributed by atoms with E-state index in [1.165, 1.54) is 5.56 Å². The van der Waals surface area contributed by atoms with E-state index in [0.717, 1.165) is 23.9 Å². The number of nitrogens with zero attached hydrogens (tertiary/aromatic N) is 1. The van der Waals surface area contributed by atoms with Crippen molar-refractivity contribution in [3.63, 3.8) is 0 Å². The maximum absolute atomic E-state index is 3.99. The van der Waals surface area contributed by atoms with Crippen LogP contribution in [0.15, 0.2) is 30.5 Å². The number of nitrogens with one attached hydrogen (secondary N) is 2. The molecule has 0 fully saturated rings. The number of aromatic amines is 1. The molecule has 2 aromatic rings. The number of fused-ring (bicyclic) bond motifs is 1. The highest BCUT2D eigenvalue weighted by Crippen LogP contribution is 2.13. The van der Waals surface area contributed by atoms with Gasteiger partial charge in [0.15, 0.2) is 0 Å². The van der Waals surface area contributed by atoms with Crippen LogP contribution in [0, 0.1) is 0 Å². The van der Waals surface area contributed by atoms with Gasteiger partial charge in [-0.25, -0.2) is 0 Å². The van der Waals surface area contributed by atoms with Crippen LogP contribution in [-0.2, 0) is 0 Å². The lowest BCUT2D eigenvalue weighted by Crippen LogP contribution is -2.05. The van der Waals surface area contributed by atoms with E-state index in [2.05, 4.69) is 45.9 Å². The molecule has 0 atom stereocenters. The number of H-pyrrole nitrogens is 1. The van der Waals surface area contributed by atoms with Gasteiger partial charge in [-0.05, 0) is 31.6 Å². The van der Waals surface area contributed by atoms with E-state index in [1.54, 1.807) is 0 Å². The third kappa shape index (κ3) is 2.44. The summed E-state index contributed by atoms with van der Waals surface area (Å²) in [5.74, 6) is 0. The van der Waals surface area contributed by atoms with Crippen LogP contribution in [0.2, 0.25) is 0 Å². The van der Waals surface area contributed by atoms with E-state index in [1.807, 2.05) is 13.2 Å². The highest BCUT2D eigenvalue weighted by atomic mass is 15.1. The quantitative estimate of drug-likeness (QED) is 0.744. The van der Waals surface area contributed by atoms with Crippen molar-refractivity contribution in [2.24, 2.45) is 0 Å². The fraction of sp³-hybridized carbons (Fsp3) is 0.250. The van der Waals surface area contributed by atoms with Gasteiger partial charge in [0.05, 0.1) is 11.7 Å². The van der Waals surface area contributed by atoms with Gasteiger partial charge in [-0.2, -0.15) is 5.10 Å². The largest absolute Gasteiger partial charge is 0.319 e. The van der Waals surface area contributed by atoms with Gasteiger partial charge < -0.3 is 5.32 Å². The second-order valence-corrected chi connectivity index (χ2v) is 3.51. The summed E-state index contributed by atoms with van der Waals surface area (Å²) in [6.45, 7) is 1.02. The summed E-state index contributed by atoms with van der Waals surface area (Å²) in [5.41, 5.74) is 2.30. The fourth-order valence-corrected chi connectivity index (χ4v) is 1.51. The summed E-state index contributed by atoms with van der Waals surface area (Å²) in [7, 11) is 1.96. The molecule has 78 valence electrons. The summed E-state index contributed by atoms with van der Waals surface area (Å²) in [4.78, 5) is 0. The van der Waals surface area contributed by atoms with Crippen LogP contribution in [0.25, 0.3) is 17.0 Å². The molecule has 1 heterocycles. The molecule has 0 aliphatic carbocycles. The Morgan fingerprint density at radius 2 is 2.40 bits per heavy atom. The molecule has 0 saturated carbocycles. The minimum atomic E-state index is 1.02. The van der Waals surface area contributed by atoms with Crippen molar-refractivity contribution in [1.82, 2.24) is 15.5 Å². The summed E-state index contributed by atoms with van der Waals surface area (Å²) in [6.07, 6.45) is 7.20. The Bertz CT molecular complexity index is 457. The van der Waals surface area contributed by atoms with E-state index in [-0.39, 0.29) is 0 Å². The number of rotatable bonds is 4. The van der Waals surface area contributed by atoms with Crippen molar-refractivity contribution < 1.29 is 0 Å². The molecule has 0 spiro atoms. The summed E-state index contributed by atoms with van der Waals surface area (Å²) >= 11 is 0. The third-order valence-electron chi connectivity index (χ3n) is 2.34. The molecule has 0 bridgehead atoms. The Morgan fingerprint density at radius 3 is 3.27 bits per heavy atom. The number of hydrogen-bond acceptors (Lipinski definition) is 2. The normalized spacial score (nSPS) is 11.5. The van der Waals surface area contributed by atoms with Gasteiger partial charge in [0, 0.05) is 5.39 Å². The van der Waals surface area contributed by atoms with E-state index in [0.29, 0.717) is 0 Å². The van der Waals surface area contributed by atoms with Gasteiger partial charge in [-0.1, -0.05) is 24.3 Å². The highest BCUT2D eigenvalue weighted by Gasteiger charge is 1.94. The first-order chi connectivity index (χ1) is 7.40. The minimum absolute atomic E-state index is 1.02. The summed E-state index contributed by atoms with van der Waals surface area (Å²) < 4.78 is 0. The van der Waals surface area contributed by atoms with Gasteiger partial charge >= 0.3 is 0 Å². The lowest BCUT2D eigenvalue weighted by molar-refractivity contribution is 0.809. The topological polar surface area (TPSA) is 40.7 Å². The SMILES string of the molecule is CNCCC=Cc1ccc2cn[nH]c2c1. The van der Waals surface area contributed by atoms with Crippen molar-refractivity contribution in [1.29, 1.82) is 0 Å². The van der Waals surface area contributed by atoms with Crippen LogP contribution >= 0.6 is 0 Å². The molecule has 0 aliphatic heterocycles. The molecule has 1 aromatic heterocycles. The monoisotopic (exact) mass is 201 g/mol. The van der Waals surface area contributed by atoms with Crippen LogP contribution in [0.4, 0.5) is 0 Å². The van der Waals surface area contributed by atoms with E-state index >= 15 is 0 Å². The first kappa shape index (κ1) is 9.93. The maximum Gasteiger partial charge on any atom is 0.0656 e. The molecular formula is C12H15N3. The van der Waals surface area contributed by atoms with Crippen LogP contribution in [0.3, 0.4) is 0 Å². The van der Waals surface area contributed by atoms with Crippen LogP contribution in [0.1, 0.15) is 12.0 Å². The first-order valence-corrected chi connectivity index (χ1v) is 5.14. The predicted octanol–water partition coefficient (Wildman–Crippen LogP) is 2.19. The van der Waals surface area contributed by atoms with Crippen LogP contribution < -0.4 is 5.32 Å². The average molecular weight is 201 g/mol. The number of aromatic nitrogens is 2. The number of hydrogen-bond donors (Lipinski definition) is 2. The second kappa shape index (κ2) is 4.75. The van der Waals surface area contributed by atoms with Gasteiger partial charge in [0.25, 0.3) is 0 Å². The highest BCUT2D eigenvalue weighted by molar-refractivity contribution is 5.80. The van der Waals surface area contributed by atoms with Crippen LogP contribution in [-0.4, -0.2) is 23.8 Å². The average Bonchev–Trinajstić information content (AvgIpc) is 2.71.